The van der Waals surface area contributed by atoms with Crippen molar-refractivity contribution in [2.45, 2.75) is 59.0 Å². The summed E-state index contributed by atoms with van der Waals surface area (Å²) in [6.07, 6.45) is 3.11. The van der Waals surface area contributed by atoms with Gasteiger partial charge in [0.1, 0.15) is 11.4 Å². The molecule has 1 aliphatic rings. The average molecular weight is 255 g/mol. The number of Topliss-reactive ketones (excluding diaryl/α,β-unsaturated/α-hetero) is 1. The van der Waals surface area contributed by atoms with Crippen LogP contribution in [-0.4, -0.2) is 35.5 Å². The first-order valence-corrected chi connectivity index (χ1v) is 6.84. The van der Waals surface area contributed by atoms with Crippen LogP contribution in [0.15, 0.2) is 0 Å². The monoisotopic (exact) mass is 255 g/mol. The lowest BCUT2D eigenvalue weighted by atomic mass is 9.97. The SMILES string of the molecule is CCC(=O)C1CCCCN(C(=O)OC(C)(C)C)C1. The first kappa shape index (κ1) is 15.0. The summed E-state index contributed by atoms with van der Waals surface area (Å²) in [5.74, 6) is 0.246. The first-order chi connectivity index (χ1) is 8.33. The lowest BCUT2D eigenvalue weighted by Gasteiger charge is -2.27. The summed E-state index contributed by atoms with van der Waals surface area (Å²) >= 11 is 0. The van der Waals surface area contributed by atoms with Crippen molar-refractivity contribution < 1.29 is 14.3 Å². The van der Waals surface area contributed by atoms with Crippen molar-refractivity contribution in [3.63, 3.8) is 0 Å². The maximum Gasteiger partial charge on any atom is 0.410 e. The fourth-order valence-corrected chi connectivity index (χ4v) is 2.19. The molecule has 0 spiro atoms. The highest BCUT2D eigenvalue weighted by Crippen LogP contribution is 2.20. The molecule has 1 heterocycles. The van der Waals surface area contributed by atoms with Gasteiger partial charge >= 0.3 is 6.09 Å². The van der Waals surface area contributed by atoms with E-state index in [9.17, 15) is 9.59 Å². The molecule has 4 nitrogen and oxygen atoms in total. The van der Waals surface area contributed by atoms with Gasteiger partial charge in [0.25, 0.3) is 0 Å². The van der Waals surface area contributed by atoms with Crippen LogP contribution >= 0.6 is 0 Å². The summed E-state index contributed by atoms with van der Waals surface area (Å²) in [7, 11) is 0. The molecule has 0 saturated carbocycles. The number of nitrogens with zero attached hydrogens (tertiary/aromatic N) is 1. The minimum Gasteiger partial charge on any atom is -0.444 e. The van der Waals surface area contributed by atoms with Gasteiger partial charge in [-0.15, -0.1) is 0 Å². The van der Waals surface area contributed by atoms with Gasteiger partial charge in [-0.3, -0.25) is 4.79 Å². The van der Waals surface area contributed by atoms with Gasteiger partial charge in [0.2, 0.25) is 0 Å². The number of amides is 1. The lowest BCUT2D eigenvalue weighted by Crippen LogP contribution is -2.40. The molecule has 1 aliphatic heterocycles. The minimum absolute atomic E-state index is 0.00924. The molecular formula is C14H25NO3. The molecule has 0 bridgehead atoms. The average Bonchev–Trinajstić information content (AvgIpc) is 2.51. The molecule has 1 unspecified atom stereocenters. The summed E-state index contributed by atoms with van der Waals surface area (Å²) in [5, 5.41) is 0. The molecule has 0 N–H and O–H groups in total. The van der Waals surface area contributed by atoms with Crippen LogP contribution in [0, 0.1) is 5.92 Å². The topological polar surface area (TPSA) is 46.6 Å². The maximum absolute atomic E-state index is 12.0. The van der Waals surface area contributed by atoms with E-state index >= 15 is 0 Å². The van der Waals surface area contributed by atoms with Gasteiger partial charge in [0.05, 0.1) is 0 Å². The Morgan fingerprint density at radius 3 is 2.50 bits per heavy atom. The quantitative estimate of drug-likeness (QED) is 0.762. The Hall–Kier alpha value is -1.06. The normalized spacial score (nSPS) is 21.3. The van der Waals surface area contributed by atoms with Crippen LogP contribution in [0.1, 0.15) is 53.4 Å². The van der Waals surface area contributed by atoms with E-state index < -0.39 is 5.60 Å². The molecule has 18 heavy (non-hydrogen) atoms. The Bertz CT molecular complexity index is 307. The van der Waals surface area contributed by atoms with Gasteiger partial charge in [0, 0.05) is 25.4 Å². The van der Waals surface area contributed by atoms with Crippen LogP contribution in [0.2, 0.25) is 0 Å². The number of likely N-dealkylation sites (tertiary alicyclic amines) is 1. The van der Waals surface area contributed by atoms with Crippen LogP contribution in [0.25, 0.3) is 0 Å². The summed E-state index contributed by atoms with van der Waals surface area (Å²) < 4.78 is 5.37. The largest absolute Gasteiger partial charge is 0.444 e. The van der Waals surface area contributed by atoms with E-state index in [2.05, 4.69) is 0 Å². The molecule has 0 aromatic heterocycles. The van der Waals surface area contributed by atoms with E-state index in [1.165, 1.54) is 0 Å². The summed E-state index contributed by atoms with van der Waals surface area (Å²) in [6.45, 7) is 8.67. The van der Waals surface area contributed by atoms with E-state index in [1.807, 2.05) is 27.7 Å². The zero-order chi connectivity index (χ0) is 13.8. The van der Waals surface area contributed by atoms with Crippen molar-refractivity contribution in [2.24, 2.45) is 5.92 Å². The van der Waals surface area contributed by atoms with Crippen LogP contribution in [0.5, 0.6) is 0 Å². The van der Waals surface area contributed by atoms with Gasteiger partial charge in [0.15, 0.2) is 0 Å². The van der Waals surface area contributed by atoms with Crippen LogP contribution in [0.4, 0.5) is 4.79 Å². The standard InChI is InChI=1S/C14H25NO3/c1-5-12(16)11-8-6-7-9-15(10-11)13(17)18-14(2,3)4/h11H,5-10H2,1-4H3. The molecule has 4 heteroatoms. The number of ether oxygens (including phenoxy) is 1. The number of carbonyl (C=O) groups excluding carboxylic acids is 2. The number of rotatable bonds is 2. The molecule has 0 aromatic rings. The van der Waals surface area contributed by atoms with Crippen molar-refractivity contribution in [3.05, 3.63) is 0 Å². The Morgan fingerprint density at radius 1 is 1.28 bits per heavy atom. The van der Waals surface area contributed by atoms with Crippen molar-refractivity contribution in [3.8, 4) is 0 Å². The number of carbonyl (C=O) groups is 2. The number of hydrogen-bond donors (Lipinski definition) is 0. The lowest BCUT2D eigenvalue weighted by molar-refractivity contribution is -0.123. The molecule has 0 aromatic carbocycles. The molecule has 104 valence electrons. The van der Waals surface area contributed by atoms with Crippen molar-refractivity contribution in [2.75, 3.05) is 13.1 Å². The van der Waals surface area contributed by atoms with E-state index in [4.69, 9.17) is 4.74 Å². The molecule has 1 fully saturated rings. The Balaban J connectivity index is 2.64. The van der Waals surface area contributed by atoms with E-state index in [1.54, 1.807) is 4.90 Å². The van der Waals surface area contributed by atoms with Gasteiger partial charge in [-0.05, 0) is 33.6 Å². The van der Waals surface area contributed by atoms with Crippen molar-refractivity contribution >= 4 is 11.9 Å². The highest BCUT2D eigenvalue weighted by atomic mass is 16.6. The Labute approximate surface area is 110 Å². The fraction of sp³-hybridized carbons (Fsp3) is 0.857. The Kier molecular flexibility index (Phi) is 5.17. The van der Waals surface area contributed by atoms with Gasteiger partial charge < -0.3 is 9.64 Å². The minimum atomic E-state index is -0.479. The van der Waals surface area contributed by atoms with Crippen molar-refractivity contribution in [1.29, 1.82) is 0 Å². The molecule has 1 saturated heterocycles. The highest BCUT2D eigenvalue weighted by molar-refractivity contribution is 5.81. The predicted octanol–water partition coefficient (Wildman–Crippen LogP) is 3.00. The van der Waals surface area contributed by atoms with Crippen molar-refractivity contribution in [1.82, 2.24) is 4.90 Å². The summed E-state index contributed by atoms with van der Waals surface area (Å²) in [6, 6.07) is 0. The predicted molar refractivity (Wildman–Crippen MR) is 70.4 cm³/mol. The molecule has 1 rings (SSSR count). The zero-order valence-electron chi connectivity index (χ0n) is 12.0. The maximum atomic E-state index is 12.0. The smallest absolute Gasteiger partial charge is 0.410 e. The number of ketones is 1. The fourth-order valence-electron chi connectivity index (χ4n) is 2.19. The van der Waals surface area contributed by atoms with Gasteiger partial charge in [-0.25, -0.2) is 4.79 Å². The van der Waals surface area contributed by atoms with Crippen LogP contribution in [-0.2, 0) is 9.53 Å². The molecule has 1 amide bonds. The van der Waals surface area contributed by atoms with Gasteiger partial charge in [-0.2, -0.15) is 0 Å². The molecule has 0 aliphatic carbocycles. The van der Waals surface area contributed by atoms with E-state index in [0.29, 0.717) is 19.5 Å². The molecule has 1 atom stereocenters. The van der Waals surface area contributed by atoms with Crippen LogP contribution < -0.4 is 0 Å². The summed E-state index contributed by atoms with van der Waals surface area (Å²) in [5.41, 5.74) is -0.479. The third-order valence-corrected chi connectivity index (χ3v) is 3.13. The zero-order valence-corrected chi connectivity index (χ0v) is 12.0. The van der Waals surface area contributed by atoms with E-state index in [-0.39, 0.29) is 17.8 Å². The summed E-state index contributed by atoms with van der Waals surface area (Å²) in [4.78, 5) is 25.5. The second-order valence-corrected chi connectivity index (χ2v) is 5.94. The third-order valence-electron chi connectivity index (χ3n) is 3.13. The Morgan fingerprint density at radius 2 is 1.94 bits per heavy atom. The van der Waals surface area contributed by atoms with E-state index in [0.717, 1.165) is 19.3 Å². The molecule has 0 radical (unpaired) electrons. The van der Waals surface area contributed by atoms with Gasteiger partial charge in [-0.1, -0.05) is 13.3 Å². The molecular weight excluding hydrogens is 230 g/mol. The first-order valence-electron chi connectivity index (χ1n) is 6.84. The third kappa shape index (κ3) is 4.67. The highest BCUT2D eigenvalue weighted by Gasteiger charge is 2.28. The number of hydrogen-bond acceptors (Lipinski definition) is 3. The second kappa shape index (κ2) is 6.21. The second-order valence-electron chi connectivity index (χ2n) is 5.94. The van der Waals surface area contributed by atoms with Crippen LogP contribution in [0.3, 0.4) is 0 Å².